The highest BCUT2D eigenvalue weighted by Crippen LogP contribution is 2.32. The van der Waals surface area contributed by atoms with Crippen LogP contribution in [0, 0.1) is 0 Å². The first-order valence-corrected chi connectivity index (χ1v) is 8.51. The summed E-state index contributed by atoms with van der Waals surface area (Å²) in [6.07, 6.45) is 10.8. The molecule has 0 unspecified atom stereocenters. The van der Waals surface area contributed by atoms with Gasteiger partial charge >= 0.3 is 0 Å². The summed E-state index contributed by atoms with van der Waals surface area (Å²) in [5.74, 6) is 1.37. The summed E-state index contributed by atoms with van der Waals surface area (Å²) in [4.78, 5) is 19.9. The molecule has 0 amide bonds. The van der Waals surface area contributed by atoms with Crippen molar-refractivity contribution in [2.45, 2.75) is 25.4 Å². The van der Waals surface area contributed by atoms with Crippen LogP contribution in [-0.2, 0) is 6.54 Å². The van der Waals surface area contributed by atoms with Crippen molar-refractivity contribution in [3.05, 3.63) is 72.6 Å². The van der Waals surface area contributed by atoms with Crippen LogP contribution in [0.1, 0.15) is 30.1 Å². The quantitative estimate of drug-likeness (QED) is 0.773. The summed E-state index contributed by atoms with van der Waals surface area (Å²) < 4.78 is 0. The molecule has 0 saturated carbocycles. The van der Waals surface area contributed by atoms with Crippen LogP contribution in [-0.4, -0.2) is 31.4 Å². The number of likely N-dealkylation sites (tertiary alicyclic amines) is 1. The van der Waals surface area contributed by atoms with E-state index in [9.17, 15) is 0 Å². The third kappa shape index (κ3) is 3.80. The van der Waals surface area contributed by atoms with Crippen LogP contribution in [0.3, 0.4) is 0 Å². The van der Waals surface area contributed by atoms with Crippen molar-refractivity contribution >= 4 is 11.6 Å². The second-order valence-corrected chi connectivity index (χ2v) is 6.16. The zero-order valence-electron chi connectivity index (χ0n) is 13.9. The number of anilines is 2. The molecule has 1 aromatic carbocycles. The van der Waals surface area contributed by atoms with Gasteiger partial charge in [-0.3, -0.25) is 14.9 Å². The van der Waals surface area contributed by atoms with E-state index in [1.165, 1.54) is 12.0 Å². The molecule has 1 aliphatic heterocycles. The molecule has 25 heavy (non-hydrogen) atoms. The summed E-state index contributed by atoms with van der Waals surface area (Å²) in [6, 6.07) is 10.9. The fraction of sp³-hybridized carbons (Fsp3) is 0.263. The Balaban J connectivity index is 1.51. The van der Waals surface area contributed by atoms with Crippen LogP contribution >= 0.6 is 0 Å². The van der Waals surface area contributed by atoms with Crippen LogP contribution in [0.2, 0.25) is 0 Å². The maximum Gasteiger partial charge on any atom is 0.150 e. The largest absolute Gasteiger partial charge is 0.322 e. The van der Waals surface area contributed by atoms with Gasteiger partial charge in [0.15, 0.2) is 0 Å². The fourth-order valence-electron chi connectivity index (χ4n) is 3.26. The van der Waals surface area contributed by atoms with E-state index in [2.05, 4.69) is 55.5 Å². The minimum absolute atomic E-state index is 0.302. The van der Waals surface area contributed by atoms with Crippen molar-refractivity contribution in [1.82, 2.24) is 24.8 Å². The molecule has 0 bridgehead atoms. The minimum Gasteiger partial charge on any atom is -0.322 e. The van der Waals surface area contributed by atoms with Gasteiger partial charge in [-0.25, -0.2) is 9.97 Å². The summed E-state index contributed by atoms with van der Waals surface area (Å²) in [7, 11) is 0. The zero-order chi connectivity index (χ0) is 16.9. The number of hydrogen-bond acceptors (Lipinski definition) is 6. The molecule has 1 atom stereocenters. The third-order valence-electron chi connectivity index (χ3n) is 4.41. The highest BCUT2D eigenvalue weighted by Gasteiger charge is 2.27. The van der Waals surface area contributed by atoms with Crippen LogP contribution < -0.4 is 5.32 Å². The van der Waals surface area contributed by atoms with Crippen LogP contribution in [0.25, 0.3) is 0 Å². The van der Waals surface area contributed by atoms with Gasteiger partial charge in [0.25, 0.3) is 0 Å². The van der Waals surface area contributed by atoms with Gasteiger partial charge in [-0.15, -0.1) is 0 Å². The maximum atomic E-state index is 4.76. The van der Waals surface area contributed by atoms with Crippen molar-refractivity contribution in [2.24, 2.45) is 0 Å². The molecule has 2 aromatic heterocycles. The molecule has 0 radical (unpaired) electrons. The monoisotopic (exact) mass is 332 g/mol. The van der Waals surface area contributed by atoms with Gasteiger partial charge in [-0.2, -0.15) is 0 Å². The van der Waals surface area contributed by atoms with Gasteiger partial charge in [-0.1, -0.05) is 30.3 Å². The second kappa shape index (κ2) is 7.36. The van der Waals surface area contributed by atoms with Gasteiger partial charge in [0.1, 0.15) is 11.6 Å². The highest BCUT2D eigenvalue weighted by molar-refractivity contribution is 5.48. The third-order valence-corrected chi connectivity index (χ3v) is 4.41. The molecule has 3 aromatic rings. The Morgan fingerprint density at radius 1 is 1.00 bits per heavy atom. The lowest BCUT2D eigenvalue weighted by atomic mass is 10.1. The Hall–Kier alpha value is -2.86. The molecule has 1 N–H and O–H groups in total. The number of hydrogen-bond donors (Lipinski definition) is 1. The lowest BCUT2D eigenvalue weighted by Crippen LogP contribution is -2.23. The molecule has 126 valence electrons. The highest BCUT2D eigenvalue weighted by atomic mass is 15.2. The van der Waals surface area contributed by atoms with E-state index in [0.717, 1.165) is 25.2 Å². The van der Waals surface area contributed by atoms with Crippen molar-refractivity contribution in [3.63, 3.8) is 0 Å². The molecule has 3 heterocycles. The molecular formula is C19H20N6. The molecule has 0 spiro atoms. The van der Waals surface area contributed by atoms with E-state index in [4.69, 9.17) is 4.98 Å². The normalized spacial score (nSPS) is 17.5. The number of nitrogens with one attached hydrogen (secondary N) is 1. The van der Waals surface area contributed by atoms with E-state index in [1.807, 2.05) is 6.20 Å². The van der Waals surface area contributed by atoms with Crippen LogP contribution in [0.15, 0.2) is 61.3 Å². The Kier molecular flexibility index (Phi) is 4.61. The molecular weight excluding hydrogens is 312 g/mol. The van der Waals surface area contributed by atoms with Crippen LogP contribution in [0.5, 0.6) is 0 Å². The summed E-state index contributed by atoms with van der Waals surface area (Å²) in [5.41, 5.74) is 2.33. The SMILES string of the molecule is c1ccc(CN2CCC[C@@H]2c2cncc(Nc3cnccn3)n2)cc1. The fourth-order valence-corrected chi connectivity index (χ4v) is 3.26. The van der Waals surface area contributed by atoms with Gasteiger partial charge in [0.05, 0.1) is 30.3 Å². The molecule has 0 aliphatic carbocycles. The zero-order valence-corrected chi connectivity index (χ0v) is 13.9. The van der Waals surface area contributed by atoms with Crippen molar-refractivity contribution < 1.29 is 0 Å². The predicted molar refractivity (Wildman–Crippen MR) is 96.2 cm³/mol. The van der Waals surface area contributed by atoms with Gasteiger partial charge < -0.3 is 5.32 Å². The first-order chi connectivity index (χ1) is 12.4. The average Bonchev–Trinajstić information content (AvgIpc) is 3.12. The van der Waals surface area contributed by atoms with E-state index in [1.54, 1.807) is 24.8 Å². The second-order valence-electron chi connectivity index (χ2n) is 6.16. The van der Waals surface area contributed by atoms with E-state index in [-0.39, 0.29) is 0 Å². The van der Waals surface area contributed by atoms with Gasteiger partial charge in [0.2, 0.25) is 0 Å². The smallest absolute Gasteiger partial charge is 0.150 e. The molecule has 1 aliphatic rings. The molecule has 1 fully saturated rings. The number of rotatable bonds is 5. The van der Waals surface area contributed by atoms with E-state index < -0.39 is 0 Å². The Bertz CT molecular complexity index is 808. The maximum absolute atomic E-state index is 4.76. The van der Waals surface area contributed by atoms with Crippen molar-refractivity contribution in [1.29, 1.82) is 0 Å². The van der Waals surface area contributed by atoms with Gasteiger partial charge in [0, 0.05) is 18.9 Å². The van der Waals surface area contributed by atoms with Crippen molar-refractivity contribution in [2.75, 3.05) is 11.9 Å². The number of nitrogens with zero attached hydrogens (tertiary/aromatic N) is 5. The Labute approximate surface area is 147 Å². The predicted octanol–water partition coefficient (Wildman–Crippen LogP) is 3.35. The average molecular weight is 332 g/mol. The summed E-state index contributed by atoms with van der Waals surface area (Å²) in [6.45, 7) is 2.03. The summed E-state index contributed by atoms with van der Waals surface area (Å²) >= 11 is 0. The van der Waals surface area contributed by atoms with E-state index >= 15 is 0 Å². The molecule has 4 rings (SSSR count). The first-order valence-electron chi connectivity index (χ1n) is 8.51. The number of aromatic nitrogens is 4. The first kappa shape index (κ1) is 15.7. The standard InChI is InChI=1S/C19H20N6/c1-2-5-15(6-3-1)14-25-10-4-7-17(25)16-11-21-13-19(23-16)24-18-12-20-8-9-22-18/h1-3,5-6,8-9,11-13,17H,4,7,10,14H2,(H,22,23,24)/t17-/m1/s1. The Morgan fingerprint density at radius 3 is 2.72 bits per heavy atom. The lowest BCUT2D eigenvalue weighted by Gasteiger charge is -2.24. The molecule has 6 heteroatoms. The molecule has 6 nitrogen and oxygen atoms in total. The Morgan fingerprint density at radius 2 is 1.88 bits per heavy atom. The number of benzene rings is 1. The molecule has 1 saturated heterocycles. The lowest BCUT2D eigenvalue weighted by molar-refractivity contribution is 0.244. The summed E-state index contributed by atoms with van der Waals surface area (Å²) in [5, 5.41) is 3.17. The topological polar surface area (TPSA) is 66.8 Å². The minimum atomic E-state index is 0.302. The van der Waals surface area contributed by atoms with Crippen LogP contribution in [0.4, 0.5) is 11.6 Å². The van der Waals surface area contributed by atoms with Crippen molar-refractivity contribution in [3.8, 4) is 0 Å². The van der Waals surface area contributed by atoms with E-state index in [0.29, 0.717) is 17.7 Å². The van der Waals surface area contributed by atoms with Gasteiger partial charge in [-0.05, 0) is 24.9 Å².